The zero-order chi connectivity index (χ0) is 27.7. The number of aliphatic hydroxyl groups excluding tert-OH is 1. The quantitative estimate of drug-likeness (QED) is 0.337. The Labute approximate surface area is 242 Å². The highest BCUT2D eigenvalue weighted by atomic mass is 79.9. The molecule has 39 heavy (non-hydrogen) atoms. The molecule has 4 saturated heterocycles. The van der Waals surface area contributed by atoms with Crippen LogP contribution >= 0.6 is 27.7 Å². The molecule has 4 fully saturated rings. The topological polar surface area (TPSA) is 111 Å². The summed E-state index contributed by atoms with van der Waals surface area (Å²) in [6.45, 7) is 8.28. The van der Waals surface area contributed by atoms with E-state index in [9.17, 15) is 19.5 Å². The molecule has 1 spiro atoms. The molecule has 5 rings (SSSR count). The zero-order valence-electron chi connectivity index (χ0n) is 22.6. The molecule has 4 aliphatic heterocycles. The molecule has 1 aromatic carbocycles. The van der Waals surface area contributed by atoms with Gasteiger partial charge in [-0.1, -0.05) is 60.1 Å². The molecule has 4 heterocycles. The Morgan fingerprint density at radius 1 is 1.18 bits per heavy atom. The number of morpholine rings is 1. The Morgan fingerprint density at radius 2 is 1.90 bits per heavy atom. The van der Waals surface area contributed by atoms with E-state index in [0.717, 1.165) is 18.7 Å². The molecule has 214 valence electrons. The van der Waals surface area contributed by atoms with Crippen molar-refractivity contribution in [2.75, 3.05) is 46.0 Å². The number of aliphatic hydroxyl groups is 1. The van der Waals surface area contributed by atoms with Crippen molar-refractivity contribution in [3.8, 4) is 0 Å². The van der Waals surface area contributed by atoms with Crippen LogP contribution in [0.3, 0.4) is 0 Å². The summed E-state index contributed by atoms with van der Waals surface area (Å²) < 4.78 is 4.69. The number of benzene rings is 1. The molecule has 0 saturated carbocycles. The van der Waals surface area contributed by atoms with E-state index in [4.69, 9.17) is 4.74 Å². The van der Waals surface area contributed by atoms with Crippen LogP contribution in [0.1, 0.15) is 25.8 Å². The monoisotopic (exact) mass is 622 g/mol. The molecule has 0 aromatic heterocycles. The van der Waals surface area contributed by atoms with Crippen LogP contribution in [-0.2, 0) is 25.7 Å². The van der Waals surface area contributed by atoms with Crippen LogP contribution in [0, 0.1) is 17.8 Å². The number of rotatable bonds is 10. The predicted octanol–water partition coefficient (Wildman–Crippen LogP) is 1.23. The molecule has 3 amide bonds. The first-order valence-corrected chi connectivity index (χ1v) is 15.7. The van der Waals surface area contributed by atoms with Crippen LogP contribution in [0.15, 0.2) is 30.3 Å². The van der Waals surface area contributed by atoms with Crippen molar-refractivity contribution in [3.63, 3.8) is 0 Å². The second kappa shape index (κ2) is 12.1. The Morgan fingerprint density at radius 3 is 2.56 bits per heavy atom. The zero-order valence-corrected chi connectivity index (χ0v) is 25.0. The summed E-state index contributed by atoms with van der Waals surface area (Å²) in [6, 6.07) is 8.45. The van der Waals surface area contributed by atoms with Crippen LogP contribution in [0.4, 0.5) is 0 Å². The van der Waals surface area contributed by atoms with Gasteiger partial charge in [0.25, 0.3) is 0 Å². The third-order valence-electron chi connectivity index (χ3n) is 8.73. The van der Waals surface area contributed by atoms with Gasteiger partial charge in [0.1, 0.15) is 6.04 Å². The van der Waals surface area contributed by atoms with Gasteiger partial charge in [-0.3, -0.25) is 19.3 Å². The van der Waals surface area contributed by atoms with Gasteiger partial charge in [0, 0.05) is 42.8 Å². The van der Waals surface area contributed by atoms with Crippen LogP contribution in [0.2, 0.25) is 0 Å². The molecular weight excluding hydrogens is 584 g/mol. The number of nitrogens with zero attached hydrogens (tertiary/aromatic N) is 2. The molecule has 3 N–H and O–H groups in total. The second-order valence-electron chi connectivity index (χ2n) is 11.4. The molecule has 9 nitrogen and oxygen atoms in total. The number of halogens is 1. The third-order valence-corrected chi connectivity index (χ3v) is 12.0. The Balaban J connectivity index is 1.39. The maximum Gasteiger partial charge on any atom is 0.244 e. The van der Waals surface area contributed by atoms with Gasteiger partial charge in [-0.25, -0.2) is 0 Å². The molecule has 0 aliphatic carbocycles. The first-order valence-electron chi connectivity index (χ1n) is 13.9. The van der Waals surface area contributed by atoms with Gasteiger partial charge >= 0.3 is 0 Å². The minimum absolute atomic E-state index is 0.00857. The van der Waals surface area contributed by atoms with Crippen molar-refractivity contribution in [2.45, 2.75) is 53.7 Å². The maximum absolute atomic E-state index is 14.2. The minimum Gasteiger partial charge on any atom is -0.394 e. The van der Waals surface area contributed by atoms with E-state index in [1.54, 1.807) is 16.7 Å². The molecule has 4 aliphatic rings. The highest BCUT2D eigenvalue weighted by molar-refractivity contribution is 9.09. The van der Waals surface area contributed by atoms with Gasteiger partial charge in [-0.05, 0) is 17.9 Å². The fourth-order valence-corrected chi connectivity index (χ4v) is 10.4. The van der Waals surface area contributed by atoms with E-state index in [2.05, 4.69) is 31.5 Å². The van der Waals surface area contributed by atoms with Gasteiger partial charge in [0.2, 0.25) is 17.7 Å². The predicted molar refractivity (Wildman–Crippen MR) is 153 cm³/mol. The van der Waals surface area contributed by atoms with Crippen molar-refractivity contribution < 1.29 is 24.2 Å². The van der Waals surface area contributed by atoms with Crippen molar-refractivity contribution in [2.24, 2.45) is 17.8 Å². The fraction of sp³-hybridized carbons (Fsp3) is 0.679. The van der Waals surface area contributed by atoms with Crippen LogP contribution in [0.5, 0.6) is 0 Å². The number of hydrogen-bond donors (Lipinski definition) is 3. The number of likely N-dealkylation sites (tertiary alicyclic amines) is 1. The standard InChI is InChI=1S/C28H39BrN4O5S/c1-17(2)20(16-34)33-24(26(36)30-8-9-32-10-12-38-13-11-32)28-14-19(29)23(39-28)21(22(28)27(33)37)25(35)31-15-18-6-4-3-5-7-18/h3-7,17,19-24,34H,8-16H2,1-2H3,(H,30,36)(H,31,35)/t19?,20-,21+,22-,23+,24?,28?/m0/s1. The van der Waals surface area contributed by atoms with E-state index in [0.29, 0.717) is 39.3 Å². The lowest BCUT2D eigenvalue weighted by Crippen LogP contribution is -2.58. The summed E-state index contributed by atoms with van der Waals surface area (Å²) in [7, 11) is 0. The Bertz CT molecular complexity index is 1060. The van der Waals surface area contributed by atoms with Crippen molar-refractivity contribution >= 4 is 45.4 Å². The second-order valence-corrected chi connectivity index (χ2v) is 14.1. The summed E-state index contributed by atoms with van der Waals surface area (Å²) in [5.41, 5.74) is 0.990. The number of thioether (sulfide) groups is 1. The van der Waals surface area contributed by atoms with Crippen LogP contribution < -0.4 is 10.6 Å². The normalized spacial score (nSPS) is 32.9. The molecule has 7 atom stereocenters. The smallest absolute Gasteiger partial charge is 0.244 e. The van der Waals surface area contributed by atoms with Gasteiger partial charge in [0.15, 0.2) is 0 Å². The number of ether oxygens (including phenoxy) is 1. The first kappa shape index (κ1) is 28.9. The van der Waals surface area contributed by atoms with Crippen molar-refractivity contribution in [1.82, 2.24) is 20.4 Å². The average molecular weight is 624 g/mol. The number of carbonyl (C=O) groups excluding carboxylic acids is 3. The lowest BCUT2D eigenvalue weighted by molar-refractivity contribution is -0.143. The van der Waals surface area contributed by atoms with Gasteiger partial charge in [0.05, 0.1) is 42.4 Å². The van der Waals surface area contributed by atoms with Gasteiger partial charge < -0.3 is 25.4 Å². The molecule has 11 heteroatoms. The molecule has 0 radical (unpaired) electrons. The van der Waals surface area contributed by atoms with E-state index >= 15 is 0 Å². The largest absolute Gasteiger partial charge is 0.394 e. The first-order chi connectivity index (χ1) is 18.8. The Kier molecular flexibility index (Phi) is 8.92. The lowest BCUT2D eigenvalue weighted by Gasteiger charge is -2.38. The summed E-state index contributed by atoms with van der Waals surface area (Å²) in [4.78, 5) is 45.7. The van der Waals surface area contributed by atoms with E-state index in [1.165, 1.54) is 0 Å². The number of hydrogen-bond acceptors (Lipinski definition) is 7. The number of alkyl halides is 1. The van der Waals surface area contributed by atoms with Gasteiger partial charge in [-0.2, -0.15) is 0 Å². The van der Waals surface area contributed by atoms with E-state index < -0.39 is 28.7 Å². The van der Waals surface area contributed by atoms with Crippen molar-refractivity contribution in [1.29, 1.82) is 0 Å². The van der Waals surface area contributed by atoms with Crippen LogP contribution in [-0.4, -0.2) is 106 Å². The molecule has 3 unspecified atom stereocenters. The van der Waals surface area contributed by atoms with Crippen molar-refractivity contribution in [3.05, 3.63) is 35.9 Å². The number of fused-ring (bicyclic) bond motifs is 1. The number of nitrogens with one attached hydrogen (secondary N) is 2. The van der Waals surface area contributed by atoms with Gasteiger partial charge in [-0.15, -0.1) is 11.8 Å². The average Bonchev–Trinajstić information content (AvgIpc) is 3.52. The summed E-state index contributed by atoms with van der Waals surface area (Å²) in [6.07, 6.45) is 0.621. The van der Waals surface area contributed by atoms with E-state index in [-0.39, 0.29) is 40.3 Å². The summed E-state index contributed by atoms with van der Waals surface area (Å²) in [5.74, 6) is -1.75. The number of carbonyl (C=O) groups is 3. The SMILES string of the molecule is CC(C)[C@H](CO)N1C(=O)[C@@H]2[C@@H](C(=O)NCc3ccccc3)[C@@H]3SC2(CC3Br)C1C(=O)NCCN1CCOCC1. The summed E-state index contributed by atoms with van der Waals surface area (Å²) in [5, 5.41) is 16.4. The molecule has 2 bridgehead atoms. The third kappa shape index (κ3) is 5.37. The molecular formula is C28H39BrN4O5S. The van der Waals surface area contributed by atoms with Crippen LogP contribution in [0.25, 0.3) is 0 Å². The minimum atomic E-state index is -0.749. The molecule has 1 aromatic rings. The number of amides is 3. The summed E-state index contributed by atoms with van der Waals surface area (Å²) >= 11 is 5.43. The highest BCUT2D eigenvalue weighted by Crippen LogP contribution is 2.68. The fourth-order valence-electron chi connectivity index (χ4n) is 6.81. The lowest BCUT2D eigenvalue weighted by atomic mass is 9.70. The highest BCUT2D eigenvalue weighted by Gasteiger charge is 2.76. The Hall–Kier alpha value is -1.66. The van der Waals surface area contributed by atoms with E-state index in [1.807, 2.05) is 44.2 Å². The maximum atomic E-state index is 14.2.